The van der Waals surface area contributed by atoms with Gasteiger partial charge in [0, 0.05) is 49.0 Å². The number of ether oxygens (including phenoxy) is 9. The van der Waals surface area contributed by atoms with Crippen LogP contribution in [-0.2, 0) is 75.5 Å². The number of hydrogen-bond donors (Lipinski definition) is 8. The zero-order chi connectivity index (χ0) is 81.3. The lowest BCUT2D eigenvalue weighted by Crippen LogP contribution is -2.51. The van der Waals surface area contributed by atoms with Crippen LogP contribution in [0.25, 0.3) is 0 Å². The maximum Gasteiger partial charge on any atom is 0.309 e. The zero-order valence-corrected chi connectivity index (χ0v) is 71.6. The van der Waals surface area contributed by atoms with E-state index >= 15 is 0 Å². The second-order valence-electron chi connectivity index (χ2n) is 30.8. The minimum atomic E-state index is -1.81. The van der Waals surface area contributed by atoms with Gasteiger partial charge in [-0.25, -0.2) is 0 Å². The van der Waals surface area contributed by atoms with Gasteiger partial charge >= 0.3 is 23.9 Å². The van der Waals surface area contributed by atoms with Crippen LogP contribution in [0.3, 0.4) is 0 Å². The van der Waals surface area contributed by atoms with Crippen molar-refractivity contribution in [2.24, 2.45) is 53.3 Å². The molecule has 5 rings (SSSR count). The average Bonchev–Trinajstić information content (AvgIpc) is 0.835. The molecule has 105 heavy (non-hydrogen) atoms. The second kappa shape index (κ2) is 53.3. The number of esters is 4. The highest BCUT2D eigenvalue weighted by atomic mass is 35.5. The summed E-state index contributed by atoms with van der Waals surface area (Å²) in [4.78, 5) is 58.2. The monoisotopic (exact) mass is 1560 g/mol. The van der Waals surface area contributed by atoms with E-state index in [9.17, 15) is 44.4 Å². The molecule has 0 aromatic carbocycles. The zero-order valence-electron chi connectivity index (χ0n) is 68.9. The largest absolute Gasteiger partial charge is 0.496 e. The third-order valence-electron chi connectivity index (χ3n) is 21.4. The number of rotatable bonds is 28. The molecule has 0 aromatic heterocycles. The Balaban J connectivity index is 0. The highest BCUT2D eigenvalue weighted by Gasteiger charge is 2.44. The fraction of sp³-hybridized carbons (Fsp3) is 0.859. The van der Waals surface area contributed by atoms with Gasteiger partial charge in [-0.2, -0.15) is 0 Å². The number of aliphatic hydroxyl groups is 8. The van der Waals surface area contributed by atoms with E-state index in [-0.39, 0.29) is 162 Å². The van der Waals surface area contributed by atoms with Crippen molar-refractivity contribution in [1.82, 2.24) is 0 Å². The van der Waals surface area contributed by atoms with Gasteiger partial charge in [-0.15, -0.1) is 0 Å². The second-order valence-corrected chi connectivity index (χ2v) is 40.8. The highest BCUT2D eigenvalue weighted by molar-refractivity contribution is 6.74. The predicted octanol–water partition coefficient (Wildman–Crippen LogP) is 12.7. The van der Waals surface area contributed by atoms with Gasteiger partial charge in [0.2, 0.25) is 5.24 Å². The molecular formula is C78H147ClO24Si2. The fourth-order valence-electron chi connectivity index (χ4n) is 10.7. The average molecular weight is 1560 g/mol. The Morgan fingerprint density at radius 1 is 0.429 bits per heavy atom. The first-order valence-electron chi connectivity index (χ1n) is 38.7. The van der Waals surface area contributed by atoms with Gasteiger partial charge in [0.1, 0.15) is 54.9 Å². The number of halogens is 1. The molecule has 0 aromatic rings. The van der Waals surface area contributed by atoms with Crippen molar-refractivity contribution in [3.8, 4) is 0 Å². The molecule has 5 heterocycles. The van der Waals surface area contributed by atoms with Crippen LogP contribution < -0.4 is 0 Å². The Hall–Kier alpha value is -3.59. The van der Waals surface area contributed by atoms with Gasteiger partial charge in [-0.3, -0.25) is 24.0 Å². The van der Waals surface area contributed by atoms with E-state index in [1.807, 2.05) is 96.1 Å². The van der Waals surface area contributed by atoms with Crippen LogP contribution in [0, 0.1) is 53.3 Å². The minimum Gasteiger partial charge on any atom is -0.496 e. The third kappa shape index (κ3) is 36.9. The van der Waals surface area contributed by atoms with E-state index in [0.29, 0.717) is 26.1 Å². The lowest BCUT2D eigenvalue weighted by molar-refractivity contribution is -0.246. The van der Waals surface area contributed by atoms with Gasteiger partial charge in [0.05, 0.1) is 87.7 Å². The summed E-state index contributed by atoms with van der Waals surface area (Å²) < 4.78 is 60.9. The molecule has 2 fully saturated rings. The molecule has 5 aliphatic heterocycles. The Morgan fingerprint density at radius 2 is 0.724 bits per heavy atom. The molecule has 8 N–H and O–H groups in total. The van der Waals surface area contributed by atoms with Crippen LogP contribution >= 0.6 is 11.6 Å². The molecule has 24 nitrogen and oxygen atoms in total. The standard InChI is InChI=1S/C19H36O4Si.C13H24O5.C13H22O4.C13H26O3Si.C12H22O6.C6H11ClO.C2H6O/c1-9-15(10-2)18(20)23-16-11-12-21-17(14(16)3)13-22-24(7,8)19(4,5)6;1-4-9(5-2)13(16)18-10-6-12(15)17-11(7-14)8(10)3;1-4-10(5-2)13(15)17-11-6-7-16-12(8-14)9(11)3;1-10-11(14)7-8-15-12(10)9-16-17(5,6)13(2,3)4;1-3-7(4-2)12(16)18-8-5-10(14)17-9(6-13)11(8)15;1-3-5(4-2)6(7)8;1-2-3/h11-12,14-17H,9-10,13H2,1-8H3;8-12,14-15H,4-7H2,1-3H3;6-7,9-12,14H,4-5,8H2,1-3H3;7-8,10-12,14H,9H2,1-6H3;7-11,13-15H,3-6H2,1-2H3;5H,3-4H2,1-2H3;3H,2H2,1H3. The summed E-state index contributed by atoms with van der Waals surface area (Å²) in [5, 5.41) is 73.6. The topological polar surface area (TPSA) is 349 Å². The van der Waals surface area contributed by atoms with Crippen molar-refractivity contribution in [1.29, 1.82) is 0 Å². The van der Waals surface area contributed by atoms with Crippen LogP contribution in [0.4, 0.5) is 0 Å². The summed E-state index contributed by atoms with van der Waals surface area (Å²) in [5.41, 5.74) is 0. The SMILES string of the molecule is CC1C(O)C=COC1CO[Si](C)(C)C(C)(C)C.CCC(CC)C(=O)Cl.CCC(CC)C(=O)OC1C=COC(CO)C1C.CCC(CC)C(=O)OC1C=COC(CO[Si](C)(C)C(C)(C)C)C1C.CCC(CC)C(=O)OC1CC(O)OC(CO)C1C.CCC(CC)C(=O)OC1CC(O)OC(CO)C1O.CCO. The molecule has 0 bridgehead atoms. The van der Waals surface area contributed by atoms with E-state index < -0.39 is 66.3 Å². The Kier molecular flexibility index (Phi) is 52.5. The van der Waals surface area contributed by atoms with Gasteiger partial charge in [-0.1, -0.05) is 138 Å². The molecule has 2 saturated heterocycles. The first-order valence-corrected chi connectivity index (χ1v) is 44.9. The van der Waals surface area contributed by atoms with Gasteiger partial charge < -0.3 is 92.3 Å². The Morgan fingerprint density at radius 3 is 1.05 bits per heavy atom. The summed E-state index contributed by atoms with van der Waals surface area (Å²) in [6.07, 6.45) is 10.9. The van der Waals surface area contributed by atoms with Crippen molar-refractivity contribution >= 4 is 57.4 Å². The Labute approximate surface area is 638 Å². The van der Waals surface area contributed by atoms with Crippen molar-refractivity contribution in [3.63, 3.8) is 0 Å². The quantitative estimate of drug-likeness (QED) is 0.0156. The molecule has 5 aliphatic rings. The van der Waals surface area contributed by atoms with E-state index in [1.54, 1.807) is 31.6 Å². The summed E-state index contributed by atoms with van der Waals surface area (Å²) in [6.45, 7) is 52.1. The minimum absolute atomic E-state index is 0.0174. The number of carbonyl (C=O) groups excluding carboxylic acids is 5. The van der Waals surface area contributed by atoms with E-state index in [4.69, 9.17) is 83.5 Å². The van der Waals surface area contributed by atoms with E-state index in [1.165, 1.54) is 6.26 Å². The first-order chi connectivity index (χ1) is 49.0. The van der Waals surface area contributed by atoms with Crippen LogP contribution in [0.2, 0.25) is 36.3 Å². The normalized spacial score (nSPS) is 27.2. The summed E-state index contributed by atoms with van der Waals surface area (Å²) in [6, 6.07) is 0. The van der Waals surface area contributed by atoms with E-state index in [2.05, 4.69) is 74.7 Å². The number of hydrogen-bond acceptors (Lipinski definition) is 24. The number of carbonyl (C=O) groups is 5. The maximum atomic E-state index is 12.3. The maximum absolute atomic E-state index is 12.3. The van der Waals surface area contributed by atoms with Crippen LogP contribution in [-0.4, -0.2) is 206 Å². The Bertz CT molecular complexity index is 2380. The molecular weight excluding hydrogens is 1410 g/mol. The number of aliphatic hydroxyl groups excluding tert-OH is 8. The molecule has 0 radical (unpaired) electrons. The van der Waals surface area contributed by atoms with Crippen LogP contribution in [0.1, 0.15) is 222 Å². The fourth-order valence-corrected chi connectivity index (χ4v) is 13.1. The summed E-state index contributed by atoms with van der Waals surface area (Å²) >= 11 is 5.21. The molecule has 27 heteroatoms. The van der Waals surface area contributed by atoms with Crippen molar-refractivity contribution in [3.05, 3.63) is 37.0 Å². The van der Waals surface area contributed by atoms with Crippen molar-refractivity contribution < 1.29 is 116 Å². The summed E-state index contributed by atoms with van der Waals surface area (Å²) in [5.74, 6) is -1.10. The van der Waals surface area contributed by atoms with Crippen LogP contribution in [0.15, 0.2) is 37.0 Å². The predicted molar refractivity (Wildman–Crippen MR) is 413 cm³/mol. The smallest absolute Gasteiger partial charge is 0.309 e. The van der Waals surface area contributed by atoms with Crippen molar-refractivity contribution in [2.45, 2.75) is 338 Å². The first kappa shape index (κ1) is 103. The van der Waals surface area contributed by atoms with Gasteiger partial charge in [0.25, 0.3) is 0 Å². The lowest BCUT2D eigenvalue weighted by Gasteiger charge is -2.39. The van der Waals surface area contributed by atoms with E-state index in [0.717, 1.165) is 51.4 Å². The van der Waals surface area contributed by atoms with Gasteiger partial charge in [0.15, 0.2) is 29.2 Å². The lowest BCUT2D eigenvalue weighted by atomic mass is 9.92. The van der Waals surface area contributed by atoms with Crippen LogP contribution in [0.5, 0.6) is 0 Å². The van der Waals surface area contributed by atoms with Crippen molar-refractivity contribution in [2.75, 3.05) is 39.6 Å². The molecule has 0 amide bonds. The summed E-state index contributed by atoms with van der Waals surface area (Å²) in [7, 11) is -3.54. The molecule has 0 aliphatic carbocycles. The third-order valence-corrected chi connectivity index (χ3v) is 30.7. The molecule has 618 valence electrons. The molecule has 0 saturated carbocycles. The highest BCUT2D eigenvalue weighted by Crippen LogP contribution is 2.39. The molecule has 0 spiro atoms. The molecule has 17 unspecified atom stereocenters. The van der Waals surface area contributed by atoms with Gasteiger partial charge in [-0.05, 0) is 137 Å². The molecule has 17 atom stereocenters.